The van der Waals surface area contributed by atoms with Crippen molar-refractivity contribution in [3.63, 3.8) is 0 Å². The Kier molecular flexibility index (Phi) is 5.81. The Morgan fingerprint density at radius 2 is 2.10 bits per heavy atom. The number of nitrogens with zero attached hydrogens (tertiary/aromatic N) is 1. The van der Waals surface area contributed by atoms with E-state index in [1.165, 1.54) is 4.88 Å². The fourth-order valence-corrected chi connectivity index (χ4v) is 3.32. The third-order valence-corrected chi connectivity index (χ3v) is 4.62. The molecule has 3 nitrogen and oxygen atoms in total. The van der Waals surface area contributed by atoms with Crippen molar-refractivity contribution in [1.82, 2.24) is 10.3 Å². The maximum Gasteiger partial charge on any atom is 0.0976 e. The molecule has 0 radical (unpaired) electrons. The molecule has 1 aromatic heterocycles. The maximum atomic E-state index is 6.04. The molecule has 0 spiro atoms. The van der Waals surface area contributed by atoms with E-state index in [9.17, 15) is 0 Å². The molecule has 1 N–H and O–H groups in total. The Bertz CT molecular complexity index is 563. The third-order valence-electron chi connectivity index (χ3n) is 2.78. The summed E-state index contributed by atoms with van der Waals surface area (Å²) in [4.78, 5) is 5.86. The van der Waals surface area contributed by atoms with E-state index in [0.29, 0.717) is 16.7 Å². The van der Waals surface area contributed by atoms with E-state index in [4.69, 9.17) is 27.9 Å². The van der Waals surface area contributed by atoms with Crippen LogP contribution in [0.1, 0.15) is 21.1 Å². The Morgan fingerprint density at radius 1 is 1.30 bits per heavy atom. The number of methoxy groups -OCH3 is 1. The van der Waals surface area contributed by atoms with Gasteiger partial charge in [0.25, 0.3) is 0 Å². The predicted octanol–water partition coefficient (Wildman–Crippen LogP) is 3.91. The summed E-state index contributed by atoms with van der Waals surface area (Å²) in [5, 5.41) is 5.36. The number of hydrogen-bond acceptors (Lipinski definition) is 4. The summed E-state index contributed by atoms with van der Waals surface area (Å²) in [5.41, 5.74) is 2.11. The number of hydrogen-bond donors (Lipinski definition) is 1. The summed E-state index contributed by atoms with van der Waals surface area (Å²) in [6, 6.07) is 5.68. The summed E-state index contributed by atoms with van der Waals surface area (Å²) < 4.78 is 5.19. The minimum Gasteiger partial charge on any atom is -0.378 e. The molecule has 0 atom stereocenters. The van der Waals surface area contributed by atoms with E-state index in [2.05, 4.69) is 10.3 Å². The molecule has 0 unspecified atom stereocenters. The van der Waals surface area contributed by atoms with Gasteiger partial charge in [0.05, 0.1) is 27.4 Å². The molecule has 2 aromatic rings. The minimum absolute atomic E-state index is 0.537. The normalized spacial score (nSPS) is 11.0. The van der Waals surface area contributed by atoms with Crippen molar-refractivity contribution in [2.75, 3.05) is 14.2 Å². The number of halogens is 2. The number of thiazole rings is 1. The number of benzene rings is 1. The zero-order valence-electron chi connectivity index (χ0n) is 11.4. The van der Waals surface area contributed by atoms with Gasteiger partial charge in [-0.15, -0.1) is 11.3 Å². The highest BCUT2D eigenvalue weighted by molar-refractivity contribution is 7.11. The topological polar surface area (TPSA) is 34.2 Å². The molecule has 0 amide bonds. The molecule has 0 aliphatic carbocycles. The average molecular weight is 331 g/mol. The lowest BCUT2D eigenvalue weighted by molar-refractivity contribution is 0.181. The van der Waals surface area contributed by atoms with Crippen molar-refractivity contribution in [3.8, 4) is 0 Å². The molecular formula is C14H16Cl2N2OS. The lowest BCUT2D eigenvalue weighted by atomic mass is 10.2. The van der Waals surface area contributed by atoms with E-state index < -0.39 is 0 Å². The molecule has 108 valence electrons. The van der Waals surface area contributed by atoms with Gasteiger partial charge in [0, 0.05) is 25.0 Å². The van der Waals surface area contributed by atoms with Gasteiger partial charge in [0.15, 0.2) is 0 Å². The Balaban J connectivity index is 2.19. The molecule has 0 saturated heterocycles. The van der Waals surface area contributed by atoms with Gasteiger partial charge in [-0.25, -0.2) is 4.98 Å². The first-order chi connectivity index (χ1) is 9.63. The molecule has 20 heavy (non-hydrogen) atoms. The van der Waals surface area contributed by atoms with Crippen LogP contribution in [0.25, 0.3) is 0 Å². The molecule has 0 aliphatic rings. The summed E-state index contributed by atoms with van der Waals surface area (Å²) in [6.07, 6.45) is 0.752. The molecule has 0 bridgehead atoms. The van der Waals surface area contributed by atoms with Crippen LogP contribution < -0.4 is 5.32 Å². The van der Waals surface area contributed by atoms with Gasteiger partial charge in [-0.1, -0.05) is 29.3 Å². The highest BCUT2D eigenvalue weighted by Crippen LogP contribution is 2.26. The molecule has 6 heteroatoms. The number of aromatic nitrogens is 1. The second-order valence-corrected chi connectivity index (χ2v) is 6.35. The van der Waals surface area contributed by atoms with Gasteiger partial charge >= 0.3 is 0 Å². The lowest BCUT2D eigenvalue weighted by Crippen LogP contribution is -2.06. The van der Waals surface area contributed by atoms with Crippen molar-refractivity contribution >= 4 is 34.5 Å². The second kappa shape index (κ2) is 7.38. The lowest BCUT2D eigenvalue weighted by Gasteiger charge is -2.00. The monoisotopic (exact) mass is 330 g/mol. The van der Waals surface area contributed by atoms with Crippen LogP contribution in [-0.4, -0.2) is 19.1 Å². The van der Waals surface area contributed by atoms with Gasteiger partial charge in [-0.3, -0.25) is 0 Å². The first-order valence-corrected chi connectivity index (χ1v) is 7.76. The van der Waals surface area contributed by atoms with Gasteiger partial charge in [0.1, 0.15) is 0 Å². The van der Waals surface area contributed by atoms with E-state index in [1.54, 1.807) is 18.4 Å². The maximum absolute atomic E-state index is 6.04. The number of rotatable bonds is 6. The van der Waals surface area contributed by atoms with E-state index >= 15 is 0 Å². The summed E-state index contributed by atoms with van der Waals surface area (Å²) in [6.45, 7) is 1.34. The van der Waals surface area contributed by atoms with Gasteiger partial charge in [-0.05, 0) is 24.7 Å². The molecule has 0 saturated carbocycles. The fourth-order valence-electron chi connectivity index (χ4n) is 1.88. The van der Waals surface area contributed by atoms with Crippen LogP contribution in [0.15, 0.2) is 18.2 Å². The van der Waals surface area contributed by atoms with E-state index in [1.807, 2.05) is 25.2 Å². The zero-order chi connectivity index (χ0) is 14.5. The summed E-state index contributed by atoms with van der Waals surface area (Å²) in [7, 11) is 3.61. The van der Waals surface area contributed by atoms with Crippen molar-refractivity contribution in [3.05, 3.63) is 49.4 Å². The van der Waals surface area contributed by atoms with Crippen molar-refractivity contribution in [1.29, 1.82) is 0 Å². The smallest absolute Gasteiger partial charge is 0.0976 e. The van der Waals surface area contributed by atoms with Crippen LogP contribution in [-0.2, 0) is 24.3 Å². The first kappa shape index (κ1) is 15.7. The van der Waals surface area contributed by atoms with Crippen LogP contribution in [0.2, 0.25) is 10.0 Å². The van der Waals surface area contributed by atoms with Crippen LogP contribution in [0.3, 0.4) is 0 Å². The molecule has 1 heterocycles. The predicted molar refractivity (Wildman–Crippen MR) is 84.9 cm³/mol. The van der Waals surface area contributed by atoms with Crippen LogP contribution in [0.5, 0.6) is 0 Å². The average Bonchev–Trinajstić information content (AvgIpc) is 2.77. The Morgan fingerprint density at radius 3 is 2.75 bits per heavy atom. The SMILES string of the molecule is CNCc1sc(Cc2ccc(Cl)c(Cl)c2)nc1COC. The Hall–Kier alpha value is -0.650. The summed E-state index contributed by atoms with van der Waals surface area (Å²) in [5.74, 6) is 0. The van der Waals surface area contributed by atoms with Crippen LogP contribution in [0.4, 0.5) is 0 Å². The first-order valence-electron chi connectivity index (χ1n) is 6.19. The highest BCUT2D eigenvalue weighted by atomic mass is 35.5. The largest absolute Gasteiger partial charge is 0.378 e. The molecule has 1 aromatic carbocycles. The Labute approximate surface area is 132 Å². The van der Waals surface area contributed by atoms with Crippen molar-refractivity contribution < 1.29 is 4.74 Å². The van der Waals surface area contributed by atoms with Gasteiger partial charge in [0.2, 0.25) is 0 Å². The molecule has 0 fully saturated rings. The van der Waals surface area contributed by atoms with Gasteiger partial charge in [-0.2, -0.15) is 0 Å². The minimum atomic E-state index is 0.537. The van der Waals surface area contributed by atoms with Crippen molar-refractivity contribution in [2.45, 2.75) is 19.6 Å². The van der Waals surface area contributed by atoms with E-state index in [-0.39, 0.29) is 0 Å². The van der Waals surface area contributed by atoms with Crippen LogP contribution >= 0.6 is 34.5 Å². The number of nitrogens with one attached hydrogen (secondary N) is 1. The van der Waals surface area contributed by atoms with Gasteiger partial charge < -0.3 is 10.1 Å². The third kappa shape index (κ3) is 3.93. The standard InChI is InChI=1S/C14H16Cl2N2OS/c1-17-7-13-12(8-19-2)18-14(20-13)6-9-3-4-10(15)11(16)5-9/h3-5,17H,6-8H2,1-2H3. The van der Waals surface area contributed by atoms with Crippen molar-refractivity contribution in [2.24, 2.45) is 0 Å². The van der Waals surface area contributed by atoms with E-state index in [0.717, 1.165) is 29.2 Å². The fraction of sp³-hybridized carbons (Fsp3) is 0.357. The zero-order valence-corrected chi connectivity index (χ0v) is 13.7. The highest BCUT2D eigenvalue weighted by Gasteiger charge is 2.11. The van der Waals surface area contributed by atoms with Crippen LogP contribution in [0, 0.1) is 0 Å². The molecule has 0 aliphatic heterocycles. The quantitative estimate of drug-likeness (QED) is 0.871. The molecular weight excluding hydrogens is 315 g/mol. The summed E-state index contributed by atoms with van der Waals surface area (Å²) >= 11 is 13.7. The molecule has 2 rings (SSSR count). The second-order valence-electron chi connectivity index (χ2n) is 4.37. The number of ether oxygens (including phenoxy) is 1.